The largest absolute Gasteiger partial charge is 1.00 e. The first kappa shape index (κ1) is 34.0. The van der Waals surface area contributed by atoms with Crippen molar-refractivity contribution in [1.29, 1.82) is 0 Å². The van der Waals surface area contributed by atoms with Crippen molar-refractivity contribution in [2.24, 2.45) is 0 Å². The molecule has 1 aromatic carbocycles. The normalized spacial score (nSPS) is 20.1. The summed E-state index contributed by atoms with van der Waals surface area (Å²) in [4.78, 5) is 74.8. The molecule has 44 heavy (non-hydrogen) atoms. The molecule has 4 heterocycles. The van der Waals surface area contributed by atoms with Gasteiger partial charge >= 0.3 is 35.7 Å². The van der Waals surface area contributed by atoms with E-state index in [0.717, 1.165) is 31.5 Å². The number of halogens is 2. The van der Waals surface area contributed by atoms with Gasteiger partial charge in [-0.15, -0.1) is 0 Å². The van der Waals surface area contributed by atoms with E-state index in [1.807, 2.05) is 0 Å². The van der Waals surface area contributed by atoms with Crippen LogP contribution in [0.4, 0.5) is 13.6 Å². The van der Waals surface area contributed by atoms with Crippen molar-refractivity contribution in [2.75, 3.05) is 33.1 Å². The summed E-state index contributed by atoms with van der Waals surface area (Å²) in [7, 11) is -5.01. The van der Waals surface area contributed by atoms with Gasteiger partial charge in [0.05, 0.1) is 13.2 Å². The summed E-state index contributed by atoms with van der Waals surface area (Å²) in [5.74, 6) is -3.71. The van der Waals surface area contributed by atoms with Crippen molar-refractivity contribution < 1.29 is 85.8 Å². The number of ether oxygens (including phenoxy) is 3. The molecule has 2 fully saturated rings. The van der Waals surface area contributed by atoms with Crippen LogP contribution in [0, 0.1) is 11.6 Å². The molecule has 232 valence electrons. The Balaban J connectivity index is 0.00000442. The van der Waals surface area contributed by atoms with Gasteiger partial charge in [-0.25, -0.2) is 13.6 Å². The molecule has 0 radical (unpaired) electrons. The number of phosphoric ester groups is 1. The molecule has 3 atom stereocenters. The van der Waals surface area contributed by atoms with Gasteiger partial charge in [-0.1, -0.05) is 6.07 Å². The molecule has 5 rings (SSSR count). The number of carbonyl (C=O) groups excluding carboxylic acids is 3. The van der Waals surface area contributed by atoms with E-state index in [1.165, 1.54) is 10.8 Å². The van der Waals surface area contributed by atoms with E-state index in [0.29, 0.717) is 12.6 Å². The first-order chi connectivity index (χ1) is 20.4. The average molecular weight is 650 g/mol. The van der Waals surface area contributed by atoms with E-state index in [9.17, 15) is 37.4 Å². The summed E-state index contributed by atoms with van der Waals surface area (Å²) in [6.07, 6.45) is 1.42. The van der Waals surface area contributed by atoms with Crippen LogP contribution in [0.3, 0.4) is 0 Å². The van der Waals surface area contributed by atoms with Crippen LogP contribution in [0.5, 0.6) is 5.75 Å². The Labute approximate surface area is 270 Å². The quantitative estimate of drug-likeness (QED) is 0.0891. The van der Waals surface area contributed by atoms with Crippen molar-refractivity contribution in [3.63, 3.8) is 0 Å². The van der Waals surface area contributed by atoms with Gasteiger partial charge in [0, 0.05) is 43.5 Å². The fraction of sp³-hybridized carbons (Fsp3) is 0.440. The Hall–Kier alpha value is -2.89. The molecule has 2 N–H and O–H groups in total. The summed E-state index contributed by atoms with van der Waals surface area (Å²) in [6.45, 7) is -1.18. The van der Waals surface area contributed by atoms with Gasteiger partial charge < -0.3 is 43.3 Å². The number of phosphoric acid groups is 1. The topological polar surface area (TPSA) is 189 Å². The van der Waals surface area contributed by atoms with Gasteiger partial charge in [-0.3, -0.25) is 23.8 Å². The van der Waals surface area contributed by atoms with Crippen molar-refractivity contribution in [1.82, 2.24) is 19.7 Å². The van der Waals surface area contributed by atoms with Gasteiger partial charge in [0.25, 0.3) is 19.6 Å². The standard InChI is InChI=1S/C25H27F2N4O11P.Na/c26-15-4-3-14(18(27)8-15)9-28-23(33)17-11-29-12-19-30-5-1-2-16(30)10-31(19)24(34)20(29)22(21(17)32)40-13-41-25(35)39-6-7-42-43(36,37)38;/h3-4,8,11,16,19H,1-2,5-7,9-10,12-13H2,(H,28,33)(H2,36,37,38);/q;+1/p-1/t16-,19+;/m1./s1. The number of carbonyl (C=O) groups is 3. The Morgan fingerprint density at radius 3 is 2.66 bits per heavy atom. The monoisotopic (exact) mass is 650 g/mol. The van der Waals surface area contributed by atoms with Crippen LogP contribution in [-0.2, 0) is 31.7 Å². The third kappa shape index (κ3) is 7.49. The number of rotatable bonds is 10. The molecule has 2 aromatic rings. The maximum atomic E-state index is 14.1. The number of hydrogen-bond acceptors (Lipinski definition) is 11. The zero-order chi connectivity index (χ0) is 30.9. The van der Waals surface area contributed by atoms with Crippen LogP contribution in [-0.4, -0.2) is 82.5 Å². The number of fused-ring (bicyclic) bond motifs is 4. The molecule has 2 amide bonds. The average Bonchev–Trinajstić information content (AvgIpc) is 3.54. The third-order valence-electron chi connectivity index (χ3n) is 7.27. The van der Waals surface area contributed by atoms with Crippen molar-refractivity contribution in [3.05, 3.63) is 63.1 Å². The van der Waals surface area contributed by atoms with Crippen molar-refractivity contribution >= 4 is 25.8 Å². The molecule has 2 saturated heterocycles. The molecular weight excluding hydrogens is 624 g/mol. The minimum atomic E-state index is -5.01. The first-order valence-electron chi connectivity index (χ1n) is 13.1. The van der Waals surface area contributed by atoms with E-state index in [-0.39, 0.29) is 66.1 Å². The van der Waals surface area contributed by atoms with E-state index in [4.69, 9.17) is 14.4 Å². The molecule has 3 aliphatic heterocycles. The van der Waals surface area contributed by atoms with Crippen LogP contribution >= 0.6 is 7.82 Å². The molecule has 0 aliphatic carbocycles. The summed E-state index contributed by atoms with van der Waals surface area (Å²) in [5, 5.41) is 2.41. The predicted octanol–water partition coefficient (Wildman–Crippen LogP) is -2.71. The van der Waals surface area contributed by atoms with Crippen LogP contribution in [0.1, 0.15) is 39.3 Å². The van der Waals surface area contributed by atoms with Gasteiger partial charge in [-0.2, -0.15) is 0 Å². The second-order valence-corrected chi connectivity index (χ2v) is 11.1. The van der Waals surface area contributed by atoms with Crippen LogP contribution in [0.25, 0.3) is 0 Å². The molecule has 0 bridgehead atoms. The molecule has 19 heteroatoms. The summed E-state index contributed by atoms with van der Waals surface area (Å²) < 4.78 is 58.0. The summed E-state index contributed by atoms with van der Waals surface area (Å²) in [5.41, 5.74) is -1.64. The molecule has 0 spiro atoms. The Bertz CT molecular complexity index is 1550. The van der Waals surface area contributed by atoms with Gasteiger partial charge in [0.1, 0.15) is 30.0 Å². The zero-order valence-electron chi connectivity index (χ0n) is 23.4. The van der Waals surface area contributed by atoms with Crippen molar-refractivity contribution in [3.8, 4) is 5.75 Å². The molecule has 1 unspecified atom stereocenters. The second kappa shape index (κ2) is 14.0. The van der Waals surface area contributed by atoms with E-state index in [1.54, 1.807) is 4.90 Å². The Kier molecular flexibility index (Phi) is 10.8. The maximum absolute atomic E-state index is 14.1. The number of nitrogens with one attached hydrogen (secondary N) is 1. The number of pyridine rings is 1. The second-order valence-electron chi connectivity index (χ2n) is 9.90. The van der Waals surface area contributed by atoms with Crippen molar-refractivity contribution in [2.45, 2.75) is 38.1 Å². The SMILES string of the molecule is O=C(OCCOP(=O)([O-])O)OCOc1c2n(cc(C(=O)NCc3ccc(F)cc3F)c1=O)C[C@@H]1N(C[C@H]3CCCN31)C2=O.[Na+]. The van der Waals surface area contributed by atoms with Crippen LogP contribution in [0.2, 0.25) is 0 Å². The smallest absolute Gasteiger partial charge is 0.756 e. The van der Waals surface area contributed by atoms with E-state index >= 15 is 0 Å². The predicted molar refractivity (Wildman–Crippen MR) is 136 cm³/mol. The van der Waals surface area contributed by atoms with Gasteiger partial charge in [0.2, 0.25) is 18.0 Å². The fourth-order valence-electron chi connectivity index (χ4n) is 5.40. The molecule has 0 saturated carbocycles. The molecule has 1 aromatic heterocycles. The zero-order valence-corrected chi connectivity index (χ0v) is 26.3. The van der Waals surface area contributed by atoms with E-state index in [2.05, 4.69) is 19.5 Å². The van der Waals surface area contributed by atoms with Crippen LogP contribution in [0.15, 0.2) is 29.2 Å². The first-order valence-corrected chi connectivity index (χ1v) is 14.6. The fourth-order valence-corrected chi connectivity index (χ4v) is 5.70. The number of nitrogens with zero attached hydrogens (tertiary/aromatic N) is 3. The Morgan fingerprint density at radius 1 is 1.16 bits per heavy atom. The molecular formula is C25H26F2N4NaO11P. The summed E-state index contributed by atoms with van der Waals surface area (Å²) in [6, 6.07) is 2.96. The number of aromatic nitrogens is 1. The minimum absolute atomic E-state index is 0. The van der Waals surface area contributed by atoms with Gasteiger partial charge in [0.15, 0.2) is 5.69 Å². The molecule has 3 aliphatic rings. The van der Waals surface area contributed by atoms with Gasteiger partial charge in [-0.05, 0) is 18.9 Å². The van der Waals surface area contributed by atoms with E-state index < -0.39 is 74.2 Å². The minimum Gasteiger partial charge on any atom is -0.756 e. The maximum Gasteiger partial charge on any atom is 1.00 e. The van der Waals surface area contributed by atoms with Crippen LogP contribution < -0.4 is 49.9 Å². The Morgan fingerprint density at radius 2 is 1.93 bits per heavy atom. The summed E-state index contributed by atoms with van der Waals surface area (Å²) >= 11 is 0. The number of benzene rings is 1. The number of hydrogen-bond donors (Lipinski definition) is 2. The number of amides is 2. The molecule has 15 nitrogen and oxygen atoms in total. The third-order valence-corrected chi connectivity index (χ3v) is 7.78.